The number of hydrogen-bond acceptors (Lipinski definition) is 9. The van der Waals surface area contributed by atoms with Crippen LogP contribution in [0.4, 0.5) is 0 Å². The Hall–Kier alpha value is -4.18. The molecule has 0 aliphatic carbocycles. The van der Waals surface area contributed by atoms with Crippen molar-refractivity contribution in [1.82, 2.24) is 34.2 Å². The maximum absolute atomic E-state index is 9.93. The molecule has 12 heteroatoms. The molecule has 0 saturated carbocycles. The predicted octanol–water partition coefficient (Wildman–Crippen LogP) is 4.87. The number of aliphatic hydroxyl groups is 1. The molecule has 1 aromatic carbocycles. The molecule has 2 aliphatic rings. The maximum atomic E-state index is 9.93. The smallest absolute Gasteiger partial charge is 0.240 e. The van der Waals surface area contributed by atoms with Gasteiger partial charge in [-0.15, -0.1) is 10.2 Å². The molecule has 0 spiro atoms. The summed E-state index contributed by atoms with van der Waals surface area (Å²) in [6.45, 7) is 11.0. The van der Waals surface area contributed by atoms with Gasteiger partial charge in [0.05, 0.1) is 53.4 Å². The van der Waals surface area contributed by atoms with E-state index in [-0.39, 0.29) is 31.5 Å². The highest BCUT2D eigenvalue weighted by atomic mass is 16.5. The number of nitriles is 1. The van der Waals surface area contributed by atoms with Crippen molar-refractivity contribution in [3.05, 3.63) is 41.3 Å². The van der Waals surface area contributed by atoms with Crippen LogP contribution in [0.25, 0.3) is 34.2 Å². The highest BCUT2D eigenvalue weighted by Crippen LogP contribution is 2.36. The minimum absolute atomic E-state index is 0.0446. The first-order valence-corrected chi connectivity index (χ1v) is 15.9. The third-order valence-electron chi connectivity index (χ3n) is 8.27. The van der Waals surface area contributed by atoms with Gasteiger partial charge in [0, 0.05) is 37.3 Å². The predicted molar refractivity (Wildman–Crippen MR) is 170 cm³/mol. The average molecular weight is 615 g/mol. The minimum atomic E-state index is -0.139. The molecule has 2 aliphatic heterocycles. The zero-order valence-corrected chi connectivity index (χ0v) is 26.5. The zero-order chi connectivity index (χ0) is 31.5. The van der Waals surface area contributed by atoms with E-state index in [1.165, 1.54) is 0 Å². The van der Waals surface area contributed by atoms with Crippen molar-refractivity contribution in [3.8, 4) is 29.0 Å². The van der Waals surface area contributed by atoms with Crippen LogP contribution in [0.3, 0.4) is 0 Å². The molecule has 45 heavy (non-hydrogen) atoms. The zero-order valence-electron chi connectivity index (χ0n) is 26.5. The van der Waals surface area contributed by atoms with Gasteiger partial charge in [-0.25, -0.2) is 4.68 Å². The average Bonchev–Trinajstić information content (AvgIpc) is 3.69. The molecule has 3 aromatic heterocycles. The summed E-state index contributed by atoms with van der Waals surface area (Å²) in [7, 11) is 0. The Balaban J connectivity index is 1.55. The Labute approximate surface area is 263 Å². The highest BCUT2D eigenvalue weighted by molar-refractivity contribution is 5.93. The van der Waals surface area contributed by atoms with Crippen LogP contribution in [0.5, 0.6) is 11.8 Å². The Morgan fingerprint density at radius 2 is 1.98 bits per heavy atom. The maximum Gasteiger partial charge on any atom is 0.240 e. The normalized spacial score (nSPS) is 18.3. The van der Waals surface area contributed by atoms with Crippen molar-refractivity contribution >= 4 is 23.1 Å². The number of aliphatic hydroxyl groups excluding tert-OH is 1. The van der Waals surface area contributed by atoms with E-state index in [0.717, 1.165) is 58.2 Å². The Morgan fingerprint density at radius 1 is 1.11 bits per heavy atom. The molecular formula is C33H42N8O4. The summed E-state index contributed by atoms with van der Waals surface area (Å²) in [5.74, 6) is 1.02. The van der Waals surface area contributed by atoms with Crippen molar-refractivity contribution in [2.75, 3.05) is 26.4 Å². The van der Waals surface area contributed by atoms with E-state index in [2.05, 4.69) is 48.1 Å². The number of ether oxygens (including phenoxy) is 3. The number of nitrogens with zero attached hydrogens (tertiary/aromatic N) is 8. The van der Waals surface area contributed by atoms with E-state index in [0.29, 0.717) is 44.6 Å². The summed E-state index contributed by atoms with van der Waals surface area (Å²) in [6, 6.07) is 8.63. The van der Waals surface area contributed by atoms with Crippen molar-refractivity contribution in [2.24, 2.45) is 0 Å². The van der Waals surface area contributed by atoms with Crippen LogP contribution in [0.1, 0.15) is 70.1 Å². The van der Waals surface area contributed by atoms with Crippen LogP contribution in [0, 0.1) is 11.3 Å². The largest absolute Gasteiger partial charge is 0.475 e. The molecule has 0 radical (unpaired) electrons. The molecule has 1 N–H and O–H groups in total. The van der Waals surface area contributed by atoms with E-state index in [4.69, 9.17) is 24.4 Å². The molecule has 12 nitrogen and oxygen atoms in total. The lowest BCUT2D eigenvalue weighted by atomic mass is 10.0. The van der Waals surface area contributed by atoms with Crippen LogP contribution in [0.2, 0.25) is 0 Å². The summed E-state index contributed by atoms with van der Waals surface area (Å²) in [4.78, 5) is 2.31. The SMILES string of the molecule is CC(C)Oc1nn(CCO)c2c1/C=C/c1nn(C3CCCCO3)c3ccc(cc13)-c1cn(CC#N)nc1OCCN(C(C)C)C2. The topological polar surface area (TPSA) is 128 Å². The van der Waals surface area contributed by atoms with E-state index >= 15 is 0 Å². The van der Waals surface area contributed by atoms with Gasteiger partial charge in [-0.2, -0.15) is 10.4 Å². The fraction of sp³-hybridized carbons (Fsp3) is 0.515. The molecule has 1 unspecified atom stereocenters. The van der Waals surface area contributed by atoms with Gasteiger partial charge in [0.25, 0.3) is 0 Å². The van der Waals surface area contributed by atoms with Crippen molar-refractivity contribution < 1.29 is 19.3 Å². The lowest BCUT2D eigenvalue weighted by Crippen LogP contribution is -2.35. The van der Waals surface area contributed by atoms with E-state index < -0.39 is 0 Å². The fourth-order valence-electron chi connectivity index (χ4n) is 6.00. The highest BCUT2D eigenvalue weighted by Gasteiger charge is 2.25. The third-order valence-corrected chi connectivity index (χ3v) is 8.27. The molecule has 1 atom stereocenters. The van der Waals surface area contributed by atoms with Gasteiger partial charge in [-0.3, -0.25) is 14.3 Å². The number of hydrogen-bond donors (Lipinski definition) is 1. The number of aromatic nitrogens is 6. The van der Waals surface area contributed by atoms with Crippen LogP contribution in [-0.4, -0.2) is 77.9 Å². The van der Waals surface area contributed by atoms with Gasteiger partial charge >= 0.3 is 0 Å². The summed E-state index contributed by atoms with van der Waals surface area (Å²) in [5.41, 5.74) is 5.32. The number of fused-ring (bicyclic) bond motifs is 4. The second-order valence-electron chi connectivity index (χ2n) is 12.1. The summed E-state index contributed by atoms with van der Waals surface area (Å²) < 4.78 is 24.2. The molecule has 2 bridgehead atoms. The van der Waals surface area contributed by atoms with Crippen molar-refractivity contribution in [2.45, 2.75) is 85.0 Å². The summed E-state index contributed by atoms with van der Waals surface area (Å²) >= 11 is 0. The van der Waals surface area contributed by atoms with Gasteiger partial charge in [0.2, 0.25) is 11.8 Å². The van der Waals surface area contributed by atoms with Crippen LogP contribution >= 0.6 is 0 Å². The molecule has 1 fully saturated rings. The summed E-state index contributed by atoms with van der Waals surface area (Å²) in [6.07, 6.45) is 8.76. The van der Waals surface area contributed by atoms with Crippen LogP contribution in [-0.2, 0) is 24.4 Å². The molecule has 6 rings (SSSR count). The van der Waals surface area contributed by atoms with Gasteiger partial charge in [0.15, 0.2) is 6.23 Å². The third kappa shape index (κ3) is 6.47. The second-order valence-corrected chi connectivity index (χ2v) is 12.1. The molecule has 4 aromatic rings. The summed E-state index contributed by atoms with van der Waals surface area (Å²) in [5, 5.41) is 34.8. The molecule has 238 valence electrons. The first kappa shape index (κ1) is 30.8. The molecular weight excluding hydrogens is 572 g/mol. The molecule has 5 heterocycles. The van der Waals surface area contributed by atoms with Crippen molar-refractivity contribution in [3.63, 3.8) is 0 Å². The lowest BCUT2D eigenvalue weighted by Gasteiger charge is -2.27. The van der Waals surface area contributed by atoms with Gasteiger partial charge in [-0.1, -0.05) is 6.07 Å². The van der Waals surface area contributed by atoms with Gasteiger partial charge in [-0.05, 0) is 76.8 Å². The standard InChI is InChI=1S/C33H42N8O4/c1-22(2)38-15-18-44-32-27(20-39(36-32)13-12-34)24-8-11-29-26(19-24)28(35-41(29)31-7-5-6-17-43-31)10-9-25-30(21-38)40(14-16-42)37-33(25)45-23(3)4/h8-11,19-20,22-23,31,42H,5-7,13-18,21H2,1-4H3/b10-9+. The van der Waals surface area contributed by atoms with E-state index in [1.54, 1.807) is 4.68 Å². The molecule has 0 amide bonds. The second kappa shape index (κ2) is 13.4. The van der Waals surface area contributed by atoms with E-state index in [9.17, 15) is 10.4 Å². The first-order chi connectivity index (χ1) is 21.9. The quantitative estimate of drug-likeness (QED) is 0.310. The Bertz CT molecular complexity index is 1700. The monoisotopic (exact) mass is 614 g/mol. The van der Waals surface area contributed by atoms with Crippen LogP contribution < -0.4 is 9.47 Å². The van der Waals surface area contributed by atoms with Gasteiger partial charge in [0.1, 0.15) is 13.2 Å². The number of rotatable bonds is 7. The Kier molecular flexibility index (Phi) is 9.21. The fourth-order valence-corrected chi connectivity index (χ4v) is 6.00. The lowest BCUT2D eigenvalue weighted by molar-refractivity contribution is -0.0367. The van der Waals surface area contributed by atoms with Crippen molar-refractivity contribution in [1.29, 1.82) is 5.26 Å². The minimum Gasteiger partial charge on any atom is -0.475 e. The van der Waals surface area contributed by atoms with Crippen LogP contribution in [0.15, 0.2) is 24.4 Å². The Morgan fingerprint density at radius 3 is 2.71 bits per heavy atom. The van der Waals surface area contributed by atoms with E-state index in [1.807, 2.05) is 41.6 Å². The van der Waals surface area contributed by atoms with Gasteiger partial charge < -0.3 is 19.3 Å². The number of benzene rings is 1. The molecule has 1 saturated heterocycles. The first-order valence-electron chi connectivity index (χ1n) is 15.9.